The summed E-state index contributed by atoms with van der Waals surface area (Å²) in [5, 5.41) is 0. The molecular formula is C14H17FN2O. The SMILES string of the molecule is CCc1ccc(C(Cc2ccccc2F)NN)o1. The van der Waals surface area contributed by atoms with Gasteiger partial charge in [0.2, 0.25) is 0 Å². The number of hydrogen-bond donors (Lipinski definition) is 2. The van der Waals surface area contributed by atoms with Crippen LogP contribution < -0.4 is 11.3 Å². The van der Waals surface area contributed by atoms with Gasteiger partial charge in [0.1, 0.15) is 17.3 Å². The van der Waals surface area contributed by atoms with Crippen molar-refractivity contribution in [2.24, 2.45) is 5.84 Å². The summed E-state index contributed by atoms with van der Waals surface area (Å²) >= 11 is 0. The zero-order valence-electron chi connectivity index (χ0n) is 10.3. The number of furan rings is 1. The van der Waals surface area contributed by atoms with E-state index in [4.69, 9.17) is 10.3 Å². The number of benzene rings is 1. The quantitative estimate of drug-likeness (QED) is 0.632. The van der Waals surface area contributed by atoms with Crippen LogP contribution in [0.2, 0.25) is 0 Å². The van der Waals surface area contributed by atoms with Crippen molar-refractivity contribution in [3.05, 3.63) is 59.3 Å². The normalized spacial score (nSPS) is 12.6. The molecule has 0 spiro atoms. The first-order valence-corrected chi connectivity index (χ1v) is 6.02. The molecule has 1 heterocycles. The minimum Gasteiger partial charge on any atom is -0.464 e. The van der Waals surface area contributed by atoms with Crippen LogP contribution in [0.1, 0.15) is 30.0 Å². The Morgan fingerprint density at radius 2 is 2.06 bits per heavy atom. The standard InChI is InChI=1S/C14H17FN2O/c1-2-11-7-8-14(18-11)13(17-16)9-10-5-3-4-6-12(10)15/h3-8,13,17H,2,9,16H2,1H3. The molecule has 1 aromatic heterocycles. The molecule has 0 bridgehead atoms. The molecule has 0 saturated carbocycles. The van der Waals surface area contributed by atoms with Crippen LogP contribution >= 0.6 is 0 Å². The molecular weight excluding hydrogens is 231 g/mol. The molecule has 0 aliphatic rings. The first-order chi connectivity index (χ1) is 8.74. The Kier molecular flexibility index (Phi) is 4.12. The van der Waals surface area contributed by atoms with Gasteiger partial charge in [0, 0.05) is 6.42 Å². The summed E-state index contributed by atoms with van der Waals surface area (Å²) in [5.74, 6) is 6.93. The first-order valence-electron chi connectivity index (χ1n) is 6.02. The zero-order valence-corrected chi connectivity index (χ0v) is 10.3. The molecule has 3 N–H and O–H groups in total. The van der Waals surface area contributed by atoms with Gasteiger partial charge in [0.25, 0.3) is 0 Å². The smallest absolute Gasteiger partial charge is 0.126 e. The van der Waals surface area contributed by atoms with E-state index in [9.17, 15) is 4.39 Å². The Morgan fingerprint density at radius 3 is 2.67 bits per heavy atom. The Hall–Kier alpha value is -1.65. The molecule has 0 fully saturated rings. The Balaban J connectivity index is 2.17. The fourth-order valence-corrected chi connectivity index (χ4v) is 1.90. The number of nitrogens with two attached hydrogens (primary N) is 1. The van der Waals surface area contributed by atoms with Gasteiger partial charge in [-0.25, -0.2) is 9.82 Å². The molecule has 96 valence electrons. The third-order valence-corrected chi connectivity index (χ3v) is 2.96. The molecule has 2 rings (SSSR count). The van der Waals surface area contributed by atoms with Crippen molar-refractivity contribution in [2.45, 2.75) is 25.8 Å². The molecule has 1 unspecified atom stereocenters. The van der Waals surface area contributed by atoms with E-state index in [1.54, 1.807) is 12.1 Å². The summed E-state index contributed by atoms with van der Waals surface area (Å²) in [6, 6.07) is 10.3. The van der Waals surface area contributed by atoms with Crippen LogP contribution in [0.25, 0.3) is 0 Å². The molecule has 4 heteroatoms. The lowest BCUT2D eigenvalue weighted by Gasteiger charge is -2.13. The summed E-state index contributed by atoms with van der Waals surface area (Å²) < 4.78 is 19.2. The van der Waals surface area contributed by atoms with Crippen molar-refractivity contribution in [1.82, 2.24) is 5.43 Å². The van der Waals surface area contributed by atoms with Gasteiger partial charge < -0.3 is 4.42 Å². The maximum Gasteiger partial charge on any atom is 0.126 e. The lowest BCUT2D eigenvalue weighted by Crippen LogP contribution is -2.29. The predicted molar refractivity (Wildman–Crippen MR) is 68.3 cm³/mol. The van der Waals surface area contributed by atoms with Crippen molar-refractivity contribution in [3.63, 3.8) is 0 Å². The number of hydrazine groups is 1. The number of halogens is 1. The van der Waals surface area contributed by atoms with Crippen molar-refractivity contribution < 1.29 is 8.81 Å². The van der Waals surface area contributed by atoms with Crippen LogP contribution in [0.4, 0.5) is 4.39 Å². The molecule has 2 aromatic rings. The lowest BCUT2D eigenvalue weighted by atomic mass is 10.0. The highest BCUT2D eigenvalue weighted by Crippen LogP contribution is 2.21. The first kappa shape index (κ1) is 12.8. The highest BCUT2D eigenvalue weighted by Gasteiger charge is 2.16. The van der Waals surface area contributed by atoms with E-state index in [0.717, 1.165) is 17.9 Å². The summed E-state index contributed by atoms with van der Waals surface area (Å²) in [4.78, 5) is 0. The maximum atomic E-state index is 13.6. The molecule has 18 heavy (non-hydrogen) atoms. The van der Waals surface area contributed by atoms with E-state index in [1.165, 1.54) is 6.07 Å². The van der Waals surface area contributed by atoms with E-state index in [1.807, 2.05) is 25.1 Å². The lowest BCUT2D eigenvalue weighted by molar-refractivity contribution is 0.393. The van der Waals surface area contributed by atoms with Gasteiger partial charge in [-0.2, -0.15) is 0 Å². The fraction of sp³-hybridized carbons (Fsp3) is 0.286. The second-order valence-electron chi connectivity index (χ2n) is 4.17. The van der Waals surface area contributed by atoms with E-state index in [2.05, 4.69) is 5.43 Å². The molecule has 0 aliphatic heterocycles. The van der Waals surface area contributed by atoms with Gasteiger partial charge in [-0.05, 0) is 30.2 Å². The van der Waals surface area contributed by atoms with Crippen LogP contribution in [-0.4, -0.2) is 0 Å². The minimum atomic E-state index is -0.222. The van der Waals surface area contributed by atoms with Crippen LogP contribution in [0.15, 0.2) is 40.8 Å². The molecule has 1 atom stereocenters. The molecule has 0 saturated heterocycles. The van der Waals surface area contributed by atoms with Crippen LogP contribution in [0, 0.1) is 5.82 Å². The topological polar surface area (TPSA) is 51.2 Å². The van der Waals surface area contributed by atoms with E-state index in [0.29, 0.717) is 12.0 Å². The van der Waals surface area contributed by atoms with E-state index >= 15 is 0 Å². The zero-order chi connectivity index (χ0) is 13.0. The van der Waals surface area contributed by atoms with Crippen molar-refractivity contribution in [2.75, 3.05) is 0 Å². The third-order valence-electron chi connectivity index (χ3n) is 2.96. The highest BCUT2D eigenvalue weighted by molar-refractivity contribution is 5.21. The average molecular weight is 248 g/mol. The molecule has 0 amide bonds. The van der Waals surface area contributed by atoms with Crippen LogP contribution in [-0.2, 0) is 12.8 Å². The van der Waals surface area contributed by atoms with Crippen molar-refractivity contribution >= 4 is 0 Å². The van der Waals surface area contributed by atoms with E-state index < -0.39 is 0 Å². The monoisotopic (exact) mass is 248 g/mol. The number of rotatable bonds is 5. The van der Waals surface area contributed by atoms with Gasteiger partial charge in [-0.3, -0.25) is 5.84 Å². The Morgan fingerprint density at radius 1 is 1.28 bits per heavy atom. The summed E-state index contributed by atoms with van der Waals surface area (Å²) in [5.41, 5.74) is 3.29. The third kappa shape index (κ3) is 2.78. The fourth-order valence-electron chi connectivity index (χ4n) is 1.90. The molecule has 0 radical (unpaired) electrons. The predicted octanol–water partition coefficient (Wildman–Crippen LogP) is 2.73. The largest absolute Gasteiger partial charge is 0.464 e. The van der Waals surface area contributed by atoms with Crippen LogP contribution in [0.5, 0.6) is 0 Å². The second kappa shape index (κ2) is 5.80. The van der Waals surface area contributed by atoms with Crippen LogP contribution in [0.3, 0.4) is 0 Å². The summed E-state index contributed by atoms with van der Waals surface area (Å²) in [6.45, 7) is 2.02. The number of nitrogens with one attached hydrogen (secondary N) is 1. The molecule has 3 nitrogen and oxygen atoms in total. The summed E-state index contributed by atoms with van der Waals surface area (Å²) in [7, 11) is 0. The number of aryl methyl sites for hydroxylation is 1. The second-order valence-corrected chi connectivity index (χ2v) is 4.17. The highest BCUT2D eigenvalue weighted by atomic mass is 19.1. The van der Waals surface area contributed by atoms with Gasteiger partial charge in [-0.1, -0.05) is 25.1 Å². The number of hydrogen-bond acceptors (Lipinski definition) is 3. The summed E-state index contributed by atoms with van der Waals surface area (Å²) in [6.07, 6.45) is 1.29. The van der Waals surface area contributed by atoms with Gasteiger partial charge in [-0.15, -0.1) is 0 Å². The molecule has 0 aliphatic carbocycles. The van der Waals surface area contributed by atoms with Crippen molar-refractivity contribution in [1.29, 1.82) is 0 Å². The molecule has 1 aromatic carbocycles. The minimum absolute atomic E-state index is 0.220. The van der Waals surface area contributed by atoms with Gasteiger partial charge in [0.15, 0.2) is 0 Å². The van der Waals surface area contributed by atoms with E-state index in [-0.39, 0.29) is 11.9 Å². The van der Waals surface area contributed by atoms with Gasteiger partial charge >= 0.3 is 0 Å². The average Bonchev–Trinajstić information content (AvgIpc) is 2.86. The van der Waals surface area contributed by atoms with Crippen molar-refractivity contribution in [3.8, 4) is 0 Å². The Labute approximate surface area is 106 Å². The Bertz CT molecular complexity index is 510. The maximum absolute atomic E-state index is 13.6. The van der Waals surface area contributed by atoms with Gasteiger partial charge in [0.05, 0.1) is 6.04 Å².